The molecular formula is C13H19NO4S. The summed E-state index contributed by atoms with van der Waals surface area (Å²) in [5.74, 6) is 0.662. The van der Waals surface area contributed by atoms with Gasteiger partial charge in [-0.2, -0.15) is 4.31 Å². The SMILES string of the molecule is O=S1(=O)COCCN1CCCCOc1ccccc1. The van der Waals surface area contributed by atoms with Gasteiger partial charge in [0.1, 0.15) is 5.75 Å². The van der Waals surface area contributed by atoms with Gasteiger partial charge in [-0.3, -0.25) is 0 Å². The van der Waals surface area contributed by atoms with E-state index < -0.39 is 10.0 Å². The van der Waals surface area contributed by atoms with Crippen molar-refractivity contribution < 1.29 is 17.9 Å². The molecule has 106 valence electrons. The number of hydrogen-bond donors (Lipinski definition) is 0. The Hall–Kier alpha value is -1.11. The molecule has 0 aromatic heterocycles. The lowest BCUT2D eigenvalue weighted by molar-refractivity contribution is 0.131. The van der Waals surface area contributed by atoms with E-state index in [-0.39, 0.29) is 5.94 Å². The van der Waals surface area contributed by atoms with E-state index in [0.717, 1.165) is 18.6 Å². The summed E-state index contributed by atoms with van der Waals surface area (Å²) < 4.78 is 35.3. The highest BCUT2D eigenvalue weighted by atomic mass is 32.2. The van der Waals surface area contributed by atoms with Crippen LogP contribution < -0.4 is 4.74 Å². The van der Waals surface area contributed by atoms with E-state index in [9.17, 15) is 8.42 Å². The lowest BCUT2D eigenvalue weighted by Gasteiger charge is -2.26. The van der Waals surface area contributed by atoms with Gasteiger partial charge < -0.3 is 9.47 Å². The highest BCUT2D eigenvalue weighted by Crippen LogP contribution is 2.11. The predicted molar refractivity (Wildman–Crippen MR) is 72.5 cm³/mol. The maximum atomic E-state index is 11.6. The van der Waals surface area contributed by atoms with Crippen molar-refractivity contribution in [3.05, 3.63) is 30.3 Å². The zero-order valence-corrected chi connectivity index (χ0v) is 11.6. The second-order valence-corrected chi connectivity index (χ2v) is 6.32. The van der Waals surface area contributed by atoms with Crippen LogP contribution in [0.5, 0.6) is 5.75 Å². The predicted octanol–water partition coefficient (Wildman–Crippen LogP) is 1.47. The fraction of sp³-hybridized carbons (Fsp3) is 0.538. The van der Waals surface area contributed by atoms with E-state index >= 15 is 0 Å². The lowest BCUT2D eigenvalue weighted by Crippen LogP contribution is -2.41. The van der Waals surface area contributed by atoms with Crippen LogP contribution in [0.3, 0.4) is 0 Å². The van der Waals surface area contributed by atoms with Crippen LogP contribution in [0.1, 0.15) is 12.8 Å². The van der Waals surface area contributed by atoms with Gasteiger partial charge in [0.05, 0.1) is 13.2 Å². The van der Waals surface area contributed by atoms with E-state index in [1.54, 1.807) is 0 Å². The van der Waals surface area contributed by atoms with Crippen LogP contribution in [0.25, 0.3) is 0 Å². The number of hydrogen-bond acceptors (Lipinski definition) is 4. The molecule has 0 aliphatic carbocycles. The molecule has 1 fully saturated rings. The molecule has 0 amide bonds. The molecule has 0 bridgehead atoms. The molecule has 5 nitrogen and oxygen atoms in total. The van der Waals surface area contributed by atoms with Gasteiger partial charge in [-0.1, -0.05) is 18.2 Å². The largest absolute Gasteiger partial charge is 0.494 e. The molecule has 0 N–H and O–H groups in total. The molecule has 0 spiro atoms. The quantitative estimate of drug-likeness (QED) is 0.743. The molecule has 1 aliphatic rings. The van der Waals surface area contributed by atoms with Gasteiger partial charge in [0.25, 0.3) is 0 Å². The van der Waals surface area contributed by atoms with Gasteiger partial charge in [-0.05, 0) is 25.0 Å². The molecule has 0 radical (unpaired) electrons. The molecule has 0 unspecified atom stereocenters. The number of ether oxygens (including phenoxy) is 2. The molecule has 1 aromatic rings. The minimum atomic E-state index is -3.19. The van der Waals surface area contributed by atoms with Crippen LogP contribution >= 0.6 is 0 Å². The van der Waals surface area contributed by atoms with Crippen molar-refractivity contribution in [2.45, 2.75) is 12.8 Å². The normalized spacial score (nSPS) is 19.2. The average molecular weight is 285 g/mol. The summed E-state index contributed by atoms with van der Waals surface area (Å²) >= 11 is 0. The standard InChI is InChI=1S/C13H19NO4S/c15-19(16)12-17-11-9-14(19)8-4-5-10-18-13-6-2-1-3-7-13/h1-3,6-7H,4-5,8-12H2. The maximum absolute atomic E-state index is 11.6. The fourth-order valence-electron chi connectivity index (χ4n) is 1.89. The summed E-state index contributed by atoms with van der Waals surface area (Å²) in [4.78, 5) is 0. The third kappa shape index (κ3) is 4.49. The first-order chi connectivity index (χ1) is 9.18. The van der Waals surface area contributed by atoms with Gasteiger partial charge in [0, 0.05) is 13.1 Å². The zero-order valence-electron chi connectivity index (χ0n) is 10.8. The van der Waals surface area contributed by atoms with Gasteiger partial charge in [-0.15, -0.1) is 0 Å². The smallest absolute Gasteiger partial charge is 0.238 e. The minimum absolute atomic E-state index is 0.187. The highest BCUT2D eigenvalue weighted by Gasteiger charge is 2.25. The number of para-hydroxylation sites is 1. The van der Waals surface area contributed by atoms with Gasteiger partial charge in [-0.25, -0.2) is 8.42 Å². The Morgan fingerprint density at radius 2 is 2.00 bits per heavy atom. The molecule has 1 aliphatic heterocycles. The highest BCUT2D eigenvalue weighted by molar-refractivity contribution is 7.88. The van der Waals surface area contributed by atoms with E-state index in [2.05, 4.69) is 0 Å². The first-order valence-electron chi connectivity index (χ1n) is 6.42. The van der Waals surface area contributed by atoms with Crippen molar-refractivity contribution >= 4 is 10.0 Å². The average Bonchev–Trinajstić information content (AvgIpc) is 2.41. The molecule has 0 saturated carbocycles. The van der Waals surface area contributed by atoms with Crippen molar-refractivity contribution in [1.82, 2.24) is 4.31 Å². The van der Waals surface area contributed by atoms with E-state index in [4.69, 9.17) is 9.47 Å². The fourth-order valence-corrected chi connectivity index (χ4v) is 3.13. The molecule has 1 aromatic carbocycles. The first kappa shape index (κ1) is 14.3. The second-order valence-electron chi connectivity index (χ2n) is 4.41. The van der Waals surface area contributed by atoms with Crippen LogP contribution in [0.4, 0.5) is 0 Å². The molecule has 1 heterocycles. The maximum Gasteiger partial charge on any atom is 0.238 e. The van der Waals surface area contributed by atoms with Gasteiger partial charge in [0.15, 0.2) is 5.94 Å². The Morgan fingerprint density at radius 1 is 1.21 bits per heavy atom. The third-order valence-corrected chi connectivity index (χ3v) is 4.54. The van der Waals surface area contributed by atoms with Crippen molar-refractivity contribution in [3.8, 4) is 5.75 Å². The minimum Gasteiger partial charge on any atom is -0.494 e. The van der Waals surface area contributed by atoms with Crippen molar-refractivity contribution in [2.24, 2.45) is 0 Å². The number of benzene rings is 1. The third-order valence-electron chi connectivity index (χ3n) is 2.92. The Morgan fingerprint density at radius 3 is 2.74 bits per heavy atom. The Labute approximate surface area is 114 Å². The van der Waals surface area contributed by atoms with Crippen LogP contribution in [0.2, 0.25) is 0 Å². The van der Waals surface area contributed by atoms with Crippen LogP contribution in [-0.4, -0.2) is 45.0 Å². The summed E-state index contributed by atoms with van der Waals surface area (Å²) in [6, 6.07) is 9.61. The lowest BCUT2D eigenvalue weighted by atomic mass is 10.3. The number of unbranched alkanes of at least 4 members (excludes halogenated alkanes) is 1. The van der Waals surface area contributed by atoms with Gasteiger partial charge in [0.2, 0.25) is 10.0 Å². The summed E-state index contributed by atoms with van der Waals surface area (Å²) in [5, 5.41) is 0. The van der Waals surface area contributed by atoms with E-state index in [1.165, 1.54) is 4.31 Å². The van der Waals surface area contributed by atoms with Crippen LogP contribution in [0, 0.1) is 0 Å². The molecule has 0 atom stereocenters. The topological polar surface area (TPSA) is 55.8 Å². The summed E-state index contributed by atoms with van der Waals surface area (Å²) in [7, 11) is -3.19. The second kappa shape index (κ2) is 6.88. The summed E-state index contributed by atoms with van der Waals surface area (Å²) in [6.07, 6.45) is 1.63. The van der Waals surface area contributed by atoms with Crippen molar-refractivity contribution in [1.29, 1.82) is 0 Å². The summed E-state index contributed by atoms with van der Waals surface area (Å²) in [5.41, 5.74) is 0. The Bertz CT molecular complexity index is 475. The van der Waals surface area contributed by atoms with Crippen molar-refractivity contribution in [3.63, 3.8) is 0 Å². The Kier molecular flexibility index (Phi) is 5.18. The van der Waals surface area contributed by atoms with E-state index in [0.29, 0.717) is 26.3 Å². The molecule has 6 heteroatoms. The van der Waals surface area contributed by atoms with Crippen LogP contribution in [-0.2, 0) is 14.8 Å². The van der Waals surface area contributed by atoms with Gasteiger partial charge >= 0.3 is 0 Å². The van der Waals surface area contributed by atoms with Crippen LogP contribution in [0.15, 0.2) is 30.3 Å². The first-order valence-corrected chi connectivity index (χ1v) is 8.03. The molecular weight excluding hydrogens is 266 g/mol. The molecule has 19 heavy (non-hydrogen) atoms. The number of sulfonamides is 1. The molecule has 2 rings (SSSR count). The summed E-state index contributed by atoms with van der Waals surface area (Å²) in [6.45, 7) is 2.10. The monoisotopic (exact) mass is 285 g/mol. The van der Waals surface area contributed by atoms with Crippen molar-refractivity contribution in [2.75, 3.05) is 32.2 Å². The number of rotatable bonds is 6. The zero-order chi connectivity index (χ0) is 13.6. The number of nitrogens with zero attached hydrogens (tertiary/aromatic N) is 1. The Balaban J connectivity index is 1.64. The van der Waals surface area contributed by atoms with E-state index in [1.807, 2.05) is 30.3 Å². The molecule has 1 saturated heterocycles.